The molecule has 0 bridgehead atoms. The van der Waals surface area contributed by atoms with E-state index in [-0.39, 0.29) is 0 Å². The lowest BCUT2D eigenvalue weighted by Crippen LogP contribution is -2.10. The number of pyridine rings is 2. The predicted octanol–water partition coefficient (Wildman–Crippen LogP) is 15.6. The van der Waals surface area contributed by atoms with Crippen molar-refractivity contribution in [1.29, 1.82) is 0 Å². The van der Waals surface area contributed by atoms with E-state index in [9.17, 15) is 0 Å². The summed E-state index contributed by atoms with van der Waals surface area (Å²) in [6.45, 7) is 0. The van der Waals surface area contributed by atoms with E-state index in [2.05, 4.69) is 157 Å². The van der Waals surface area contributed by atoms with Crippen LogP contribution in [-0.2, 0) is 0 Å². The Bertz CT molecular complexity index is 3430. The molecule has 8 aromatic carbocycles. The topological polar surface area (TPSA) is 55.3 Å². The molecule has 4 heterocycles. The molecule has 5 heteroatoms. The lowest BCUT2D eigenvalue weighted by molar-refractivity contribution is 0.669. The van der Waals surface area contributed by atoms with E-state index in [4.69, 9.17) is 18.8 Å². The maximum Gasteiger partial charge on any atom is 0.161 e. The third-order valence-corrected chi connectivity index (χ3v) is 11.8. The van der Waals surface area contributed by atoms with Gasteiger partial charge in [-0.1, -0.05) is 121 Å². The van der Waals surface area contributed by atoms with Crippen LogP contribution in [-0.4, -0.2) is 9.97 Å². The molecule has 0 fully saturated rings. The molecule has 0 spiro atoms. The van der Waals surface area contributed by atoms with Crippen LogP contribution in [0.1, 0.15) is 0 Å². The van der Waals surface area contributed by atoms with Crippen molar-refractivity contribution in [3.8, 4) is 44.5 Å². The summed E-state index contributed by atoms with van der Waals surface area (Å²) < 4.78 is 12.8. The van der Waals surface area contributed by atoms with Crippen molar-refractivity contribution in [2.45, 2.75) is 0 Å². The van der Waals surface area contributed by atoms with Gasteiger partial charge in [0.2, 0.25) is 0 Å². The van der Waals surface area contributed by atoms with Gasteiger partial charge in [-0.15, -0.1) is 0 Å². The van der Waals surface area contributed by atoms with Crippen LogP contribution in [0.5, 0.6) is 0 Å². The number of furan rings is 2. The first kappa shape index (κ1) is 34.7. The maximum absolute atomic E-state index is 6.39. The number of aromatic nitrogens is 2. The van der Waals surface area contributed by atoms with Gasteiger partial charge in [0.25, 0.3) is 0 Å². The molecule has 61 heavy (non-hydrogen) atoms. The van der Waals surface area contributed by atoms with Crippen LogP contribution in [0.15, 0.2) is 221 Å². The highest BCUT2D eigenvalue weighted by molar-refractivity contribution is 6.08. The zero-order chi connectivity index (χ0) is 40.3. The third-order valence-electron chi connectivity index (χ3n) is 11.8. The summed E-state index contributed by atoms with van der Waals surface area (Å²) in [6.07, 6.45) is 3.73. The minimum atomic E-state index is 0.787. The highest BCUT2D eigenvalue weighted by atomic mass is 16.3. The van der Waals surface area contributed by atoms with E-state index >= 15 is 0 Å². The van der Waals surface area contributed by atoms with Gasteiger partial charge in [0.1, 0.15) is 22.2 Å². The Morgan fingerprint density at radius 3 is 1.43 bits per heavy atom. The molecule has 5 nitrogen and oxygen atoms in total. The molecule has 4 aromatic heterocycles. The van der Waals surface area contributed by atoms with Crippen molar-refractivity contribution in [3.63, 3.8) is 0 Å². The molecular formula is C56H35N3O2. The summed E-state index contributed by atoms with van der Waals surface area (Å²) in [4.78, 5) is 11.7. The van der Waals surface area contributed by atoms with E-state index in [1.165, 1.54) is 21.9 Å². The minimum absolute atomic E-state index is 0.787. The molecule has 0 N–H and O–H groups in total. The van der Waals surface area contributed by atoms with Crippen LogP contribution in [0, 0.1) is 0 Å². The second kappa shape index (κ2) is 14.2. The molecule has 0 aliphatic rings. The largest absolute Gasteiger partial charge is 0.454 e. The number of rotatable bonds is 7. The van der Waals surface area contributed by atoms with Crippen LogP contribution in [0.3, 0.4) is 0 Å². The summed E-state index contributed by atoms with van der Waals surface area (Å²) in [7, 11) is 0. The molecule has 0 saturated carbocycles. The highest BCUT2D eigenvalue weighted by Crippen LogP contribution is 2.43. The fourth-order valence-electron chi connectivity index (χ4n) is 8.83. The van der Waals surface area contributed by atoms with Gasteiger partial charge in [-0.25, -0.2) is 0 Å². The number of hydrogen-bond acceptors (Lipinski definition) is 5. The second-order valence-electron chi connectivity index (χ2n) is 15.4. The van der Waals surface area contributed by atoms with Gasteiger partial charge in [-0.05, 0) is 123 Å². The quantitative estimate of drug-likeness (QED) is 0.161. The van der Waals surface area contributed by atoms with Crippen molar-refractivity contribution in [2.24, 2.45) is 0 Å². The summed E-state index contributed by atoms with van der Waals surface area (Å²) in [6, 6.07) is 70.5. The van der Waals surface area contributed by atoms with Gasteiger partial charge in [0.15, 0.2) is 11.2 Å². The summed E-state index contributed by atoms with van der Waals surface area (Å²) >= 11 is 0. The zero-order valence-corrected chi connectivity index (χ0v) is 32.9. The monoisotopic (exact) mass is 781 g/mol. The number of nitrogens with zero attached hydrogens (tertiary/aromatic N) is 3. The normalized spacial score (nSPS) is 11.6. The van der Waals surface area contributed by atoms with E-state index in [1.807, 2.05) is 60.9 Å². The number of hydrogen-bond donors (Lipinski definition) is 0. The first-order chi connectivity index (χ1) is 30.2. The van der Waals surface area contributed by atoms with Gasteiger partial charge < -0.3 is 13.7 Å². The molecule has 0 aliphatic heterocycles. The maximum atomic E-state index is 6.39. The van der Waals surface area contributed by atoms with Crippen LogP contribution < -0.4 is 4.90 Å². The van der Waals surface area contributed by atoms with E-state index in [1.54, 1.807) is 0 Å². The molecule has 0 unspecified atom stereocenters. The van der Waals surface area contributed by atoms with E-state index < -0.39 is 0 Å². The Morgan fingerprint density at radius 2 is 0.820 bits per heavy atom. The third kappa shape index (κ3) is 5.94. The Labute approximate surface area is 351 Å². The lowest BCUT2D eigenvalue weighted by Gasteiger charge is -2.27. The van der Waals surface area contributed by atoms with Crippen LogP contribution in [0.4, 0.5) is 17.1 Å². The molecule has 0 saturated heterocycles. The van der Waals surface area contributed by atoms with Crippen molar-refractivity contribution in [1.82, 2.24) is 9.97 Å². The van der Waals surface area contributed by atoms with Crippen LogP contribution in [0.25, 0.3) is 99.4 Å². The standard InChI is InChI=1S/C56H35N3O2/c1-2-11-37(12-3-1)50-35-44(28-29-45(50)41-19-18-36-10-4-5-13-40(36)34-41)59(42-24-20-38(21-25-42)46-30-32-57-53-48-14-6-8-16-51(48)60-55(46)53)43-26-22-39(23-27-43)47-31-33-58-54-49-15-7-9-17-52(49)61-56(47)54/h1-35H. The molecule has 12 aromatic rings. The lowest BCUT2D eigenvalue weighted by atomic mass is 9.92. The Hall–Kier alpha value is -8.28. The van der Waals surface area contributed by atoms with Crippen LogP contribution >= 0.6 is 0 Å². The number of anilines is 3. The molecule has 12 rings (SSSR count). The van der Waals surface area contributed by atoms with Gasteiger partial charge in [-0.3, -0.25) is 9.97 Å². The number of para-hydroxylation sites is 2. The number of benzene rings is 8. The highest BCUT2D eigenvalue weighted by Gasteiger charge is 2.20. The van der Waals surface area contributed by atoms with Gasteiger partial charge >= 0.3 is 0 Å². The SMILES string of the molecule is c1ccc(-c2cc(N(c3ccc(-c4ccnc5c4oc4ccccc45)cc3)c3ccc(-c4ccnc5c4oc4ccccc45)cc3)ccc2-c2ccc3ccccc3c2)cc1. The Kier molecular flexibility index (Phi) is 8.10. The first-order valence-electron chi connectivity index (χ1n) is 20.5. The van der Waals surface area contributed by atoms with Crippen LogP contribution in [0.2, 0.25) is 0 Å². The van der Waals surface area contributed by atoms with Gasteiger partial charge in [0, 0.05) is 51.4 Å². The van der Waals surface area contributed by atoms with Crippen molar-refractivity contribution in [3.05, 3.63) is 213 Å². The average Bonchev–Trinajstić information content (AvgIpc) is 3.91. The summed E-state index contributed by atoms with van der Waals surface area (Å²) in [5.74, 6) is 0. The minimum Gasteiger partial charge on any atom is -0.454 e. The molecular weight excluding hydrogens is 747 g/mol. The number of fused-ring (bicyclic) bond motifs is 7. The van der Waals surface area contributed by atoms with Crippen molar-refractivity contribution >= 4 is 72.0 Å². The Balaban J connectivity index is 1.01. The first-order valence-corrected chi connectivity index (χ1v) is 20.5. The van der Waals surface area contributed by atoms with Crippen molar-refractivity contribution < 1.29 is 8.83 Å². The average molecular weight is 782 g/mol. The summed E-state index contributed by atoms with van der Waals surface area (Å²) in [5, 5.41) is 4.47. The molecule has 0 radical (unpaired) electrons. The predicted molar refractivity (Wildman–Crippen MR) is 251 cm³/mol. The molecule has 286 valence electrons. The smallest absolute Gasteiger partial charge is 0.161 e. The van der Waals surface area contributed by atoms with E-state index in [0.29, 0.717) is 0 Å². The van der Waals surface area contributed by atoms with Gasteiger partial charge in [-0.2, -0.15) is 0 Å². The summed E-state index contributed by atoms with van der Waals surface area (Å²) in [5.41, 5.74) is 16.8. The van der Waals surface area contributed by atoms with E-state index in [0.717, 1.165) is 94.6 Å². The molecule has 0 aliphatic carbocycles. The molecule has 0 atom stereocenters. The second-order valence-corrected chi connectivity index (χ2v) is 15.4. The fourth-order valence-corrected chi connectivity index (χ4v) is 8.83. The fraction of sp³-hybridized carbons (Fsp3) is 0. The Morgan fingerprint density at radius 1 is 0.328 bits per heavy atom. The molecule has 0 amide bonds. The van der Waals surface area contributed by atoms with Gasteiger partial charge in [0.05, 0.1) is 0 Å². The van der Waals surface area contributed by atoms with Crippen molar-refractivity contribution in [2.75, 3.05) is 4.90 Å². The zero-order valence-electron chi connectivity index (χ0n) is 32.9.